The van der Waals surface area contributed by atoms with Gasteiger partial charge in [0.2, 0.25) is 0 Å². The van der Waals surface area contributed by atoms with E-state index in [0.717, 1.165) is 0 Å². The summed E-state index contributed by atoms with van der Waals surface area (Å²) in [6.45, 7) is 4.69. The molecule has 0 aromatic rings. The van der Waals surface area contributed by atoms with E-state index in [2.05, 4.69) is 5.32 Å². The molecule has 1 aliphatic rings. The number of nitrogens with two attached hydrogens (primary N) is 1. The lowest BCUT2D eigenvalue weighted by Gasteiger charge is -1.90. The van der Waals surface area contributed by atoms with Gasteiger partial charge in [-0.05, 0) is 20.8 Å². The molecule has 2 amide bonds. The maximum absolute atomic E-state index is 10.6. The lowest BCUT2D eigenvalue weighted by Crippen LogP contribution is -2.25. The van der Waals surface area contributed by atoms with E-state index in [1.165, 1.54) is 6.92 Å². The first kappa shape index (κ1) is 13.3. The van der Waals surface area contributed by atoms with Gasteiger partial charge in [0.1, 0.15) is 6.04 Å². The Kier molecular flexibility index (Phi) is 4.66. The normalized spacial score (nSPS) is 16.8. The summed E-state index contributed by atoms with van der Waals surface area (Å²) in [5.41, 5.74) is 5.89. The second-order valence-corrected chi connectivity index (χ2v) is 3.16. The Morgan fingerprint density at radius 3 is 1.60 bits per heavy atom. The van der Waals surface area contributed by atoms with Crippen LogP contribution >= 0.6 is 0 Å². The Hall–Kier alpha value is -1.69. The van der Waals surface area contributed by atoms with Crippen LogP contribution in [-0.4, -0.2) is 28.9 Å². The molecule has 6 heteroatoms. The molecule has 0 aromatic heterocycles. The molecule has 0 bridgehead atoms. The minimum Gasteiger partial charge on any atom is -0.480 e. The van der Waals surface area contributed by atoms with Crippen molar-refractivity contribution in [1.82, 2.24) is 5.32 Å². The third-order valence-electron chi connectivity index (χ3n) is 1.86. The number of carboxylic acids is 1. The number of rotatable bonds is 1. The van der Waals surface area contributed by atoms with Crippen LogP contribution in [0.2, 0.25) is 0 Å². The molecule has 0 radical (unpaired) electrons. The summed E-state index contributed by atoms with van der Waals surface area (Å²) < 4.78 is 0. The van der Waals surface area contributed by atoms with Crippen molar-refractivity contribution in [2.24, 2.45) is 5.73 Å². The summed E-state index contributed by atoms with van der Waals surface area (Å²) in [5.74, 6) is -1.50. The van der Waals surface area contributed by atoms with Crippen LogP contribution in [-0.2, 0) is 14.4 Å². The largest absolute Gasteiger partial charge is 0.480 e. The number of carboxylic acid groups (broad SMARTS) is 1. The number of nitrogens with one attached hydrogen (secondary N) is 1. The predicted octanol–water partition coefficient (Wildman–Crippen LogP) is -0.603. The molecule has 6 nitrogen and oxygen atoms in total. The molecule has 15 heavy (non-hydrogen) atoms. The average molecular weight is 214 g/mol. The molecule has 1 atom stereocenters. The minimum atomic E-state index is -0.963. The second-order valence-electron chi connectivity index (χ2n) is 3.16. The molecule has 0 fully saturated rings. The summed E-state index contributed by atoms with van der Waals surface area (Å²) in [6.07, 6.45) is 0. The van der Waals surface area contributed by atoms with Crippen LogP contribution in [0.15, 0.2) is 11.1 Å². The van der Waals surface area contributed by atoms with Crippen molar-refractivity contribution in [2.75, 3.05) is 0 Å². The molecular formula is C9H14N2O4. The van der Waals surface area contributed by atoms with Gasteiger partial charge in [-0.25, -0.2) is 0 Å². The Morgan fingerprint density at radius 2 is 1.53 bits per heavy atom. The molecule has 0 saturated carbocycles. The molecule has 4 N–H and O–H groups in total. The number of imide groups is 1. The molecule has 1 rings (SSSR count). The summed E-state index contributed by atoms with van der Waals surface area (Å²) in [6, 6.07) is -0.731. The van der Waals surface area contributed by atoms with Gasteiger partial charge in [-0.1, -0.05) is 0 Å². The van der Waals surface area contributed by atoms with Crippen molar-refractivity contribution in [3.8, 4) is 0 Å². The van der Waals surface area contributed by atoms with Crippen LogP contribution < -0.4 is 11.1 Å². The zero-order valence-electron chi connectivity index (χ0n) is 8.83. The Morgan fingerprint density at radius 1 is 1.27 bits per heavy atom. The first-order valence-corrected chi connectivity index (χ1v) is 4.29. The molecule has 0 aromatic carbocycles. The van der Waals surface area contributed by atoms with E-state index < -0.39 is 12.0 Å². The van der Waals surface area contributed by atoms with E-state index in [1.807, 2.05) is 0 Å². The number of hydrogen-bond acceptors (Lipinski definition) is 4. The number of carbonyl (C=O) groups is 3. The average Bonchev–Trinajstić information content (AvgIpc) is 2.34. The molecular weight excluding hydrogens is 200 g/mol. The van der Waals surface area contributed by atoms with E-state index in [9.17, 15) is 14.4 Å². The smallest absolute Gasteiger partial charge is 0.320 e. The summed E-state index contributed by atoms with van der Waals surface area (Å²) in [7, 11) is 0. The quantitative estimate of drug-likeness (QED) is 0.505. The van der Waals surface area contributed by atoms with Gasteiger partial charge in [0.25, 0.3) is 11.8 Å². The zero-order valence-corrected chi connectivity index (χ0v) is 8.83. The van der Waals surface area contributed by atoms with Crippen molar-refractivity contribution < 1.29 is 19.5 Å². The second kappa shape index (κ2) is 5.26. The van der Waals surface area contributed by atoms with Crippen molar-refractivity contribution >= 4 is 17.8 Å². The fourth-order valence-electron chi connectivity index (χ4n) is 0.631. The highest BCUT2D eigenvalue weighted by molar-refractivity contribution is 6.18. The van der Waals surface area contributed by atoms with Crippen LogP contribution in [0, 0.1) is 0 Å². The van der Waals surface area contributed by atoms with E-state index in [-0.39, 0.29) is 11.8 Å². The molecule has 0 aliphatic carbocycles. The first-order valence-electron chi connectivity index (χ1n) is 4.29. The highest BCUT2D eigenvalue weighted by Gasteiger charge is 2.22. The molecule has 0 unspecified atom stereocenters. The van der Waals surface area contributed by atoms with E-state index in [0.29, 0.717) is 11.1 Å². The maximum atomic E-state index is 10.6. The molecule has 0 spiro atoms. The first-order chi connectivity index (χ1) is 6.77. The molecule has 84 valence electrons. The van der Waals surface area contributed by atoms with Gasteiger partial charge in [0.15, 0.2) is 0 Å². The van der Waals surface area contributed by atoms with Gasteiger partial charge in [-0.3, -0.25) is 19.7 Å². The van der Waals surface area contributed by atoms with Gasteiger partial charge in [-0.15, -0.1) is 0 Å². The predicted molar refractivity (Wildman–Crippen MR) is 52.8 cm³/mol. The minimum absolute atomic E-state index is 0.266. The van der Waals surface area contributed by atoms with E-state index in [4.69, 9.17) is 10.8 Å². The SMILES string of the molecule is CC1=C(C)C(=O)NC1=O.C[C@H](N)C(=O)O. The van der Waals surface area contributed by atoms with Crippen molar-refractivity contribution in [1.29, 1.82) is 0 Å². The van der Waals surface area contributed by atoms with Crippen molar-refractivity contribution in [2.45, 2.75) is 26.8 Å². The topological polar surface area (TPSA) is 109 Å². The fraction of sp³-hybridized carbons (Fsp3) is 0.444. The lowest BCUT2D eigenvalue weighted by molar-refractivity contribution is -0.138. The van der Waals surface area contributed by atoms with Crippen LogP contribution in [0.4, 0.5) is 0 Å². The lowest BCUT2D eigenvalue weighted by atomic mass is 10.2. The maximum Gasteiger partial charge on any atom is 0.320 e. The number of carbonyl (C=O) groups excluding carboxylic acids is 2. The highest BCUT2D eigenvalue weighted by Crippen LogP contribution is 2.09. The van der Waals surface area contributed by atoms with Crippen LogP contribution in [0.5, 0.6) is 0 Å². The third kappa shape index (κ3) is 3.90. The van der Waals surface area contributed by atoms with Crippen molar-refractivity contribution in [3.63, 3.8) is 0 Å². The molecule has 1 aliphatic heterocycles. The standard InChI is InChI=1S/C6H7NO2.C3H7NO2/c1-3-4(2)6(9)7-5(3)8;1-2(4)3(5)6/h1-2H3,(H,7,8,9);2H,4H2,1H3,(H,5,6)/t;2-/m.0/s1. The molecule has 0 saturated heterocycles. The van der Waals surface area contributed by atoms with Gasteiger partial charge in [-0.2, -0.15) is 0 Å². The zero-order chi connectivity index (χ0) is 12.2. The van der Waals surface area contributed by atoms with Gasteiger partial charge in [0.05, 0.1) is 0 Å². The van der Waals surface area contributed by atoms with Crippen LogP contribution in [0.3, 0.4) is 0 Å². The summed E-state index contributed by atoms with van der Waals surface area (Å²) >= 11 is 0. The summed E-state index contributed by atoms with van der Waals surface area (Å²) in [4.78, 5) is 30.8. The van der Waals surface area contributed by atoms with Gasteiger partial charge in [0, 0.05) is 11.1 Å². The van der Waals surface area contributed by atoms with Gasteiger partial charge < -0.3 is 10.8 Å². The number of aliphatic carboxylic acids is 1. The van der Waals surface area contributed by atoms with Crippen LogP contribution in [0.1, 0.15) is 20.8 Å². The highest BCUT2D eigenvalue weighted by atomic mass is 16.4. The van der Waals surface area contributed by atoms with Crippen molar-refractivity contribution in [3.05, 3.63) is 11.1 Å². The fourth-order valence-corrected chi connectivity index (χ4v) is 0.631. The Labute approximate surface area is 87.1 Å². The van der Waals surface area contributed by atoms with E-state index >= 15 is 0 Å². The Bertz CT molecular complexity index is 309. The number of hydrogen-bond donors (Lipinski definition) is 3. The molecule has 1 heterocycles. The monoisotopic (exact) mass is 214 g/mol. The summed E-state index contributed by atoms with van der Waals surface area (Å²) in [5, 5.41) is 10.0. The third-order valence-corrected chi connectivity index (χ3v) is 1.86. The van der Waals surface area contributed by atoms with Gasteiger partial charge >= 0.3 is 5.97 Å². The van der Waals surface area contributed by atoms with Crippen LogP contribution in [0.25, 0.3) is 0 Å². The number of amides is 2. The van der Waals surface area contributed by atoms with E-state index in [1.54, 1.807) is 13.8 Å². The Balaban J connectivity index is 0.000000288.